The summed E-state index contributed by atoms with van der Waals surface area (Å²) in [5.74, 6) is -2.84. The highest BCUT2D eigenvalue weighted by Gasteiger charge is 2.65. The van der Waals surface area contributed by atoms with Crippen LogP contribution in [0.3, 0.4) is 0 Å². The predicted octanol–water partition coefficient (Wildman–Crippen LogP) is -0.667. The van der Waals surface area contributed by atoms with Crippen molar-refractivity contribution in [3.05, 3.63) is 12.2 Å². The number of hydrogen-bond acceptors (Lipinski definition) is 5. The van der Waals surface area contributed by atoms with Crippen LogP contribution in [0.15, 0.2) is 12.2 Å². The average molecular weight is 294 g/mol. The Morgan fingerprint density at radius 3 is 3.05 bits per heavy atom. The minimum Gasteiger partial charge on any atom is -0.550 e. The zero-order valence-electron chi connectivity index (χ0n) is 12.3. The van der Waals surface area contributed by atoms with Gasteiger partial charge in [-0.1, -0.05) is 12.2 Å². The number of likely N-dealkylation sites (tertiary alicyclic amines) is 1. The number of hydrogen-bond donors (Lipinski definition) is 0. The second-order valence-corrected chi connectivity index (χ2v) is 6.25. The zero-order chi connectivity index (χ0) is 15.2. The van der Waals surface area contributed by atoms with E-state index in [1.54, 1.807) is 11.0 Å². The Bertz CT molecular complexity index is 488. The van der Waals surface area contributed by atoms with E-state index >= 15 is 0 Å². The quantitative estimate of drug-likeness (QED) is 0.480. The standard InChI is InChI=1S/C15H21NO5/c1-9(2)20-7-3-6-16-8-15-5-4-10(21-15)11(14(18)19)12(15)13(16)17/h4-5,9-12H,3,6-8H2,1-2H3,(H,18,19)/p-1/t10-,11+,12-,15-/m1/s1. The largest absolute Gasteiger partial charge is 0.550 e. The molecule has 6 nitrogen and oxygen atoms in total. The van der Waals surface area contributed by atoms with Crippen molar-refractivity contribution in [2.75, 3.05) is 19.7 Å². The van der Waals surface area contributed by atoms with Gasteiger partial charge in [0, 0.05) is 25.0 Å². The van der Waals surface area contributed by atoms with E-state index in [0.717, 1.165) is 6.42 Å². The van der Waals surface area contributed by atoms with Gasteiger partial charge in [0.2, 0.25) is 5.91 Å². The molecule has 0 aliphatic carbocycles. The minimum atomic E-state index is -1.20. The van der Waals surface area contributed by atoms with Crippen LogP contribution in [0.1, 0.15) is 20.3 Å². The molecule has 3 heterocycles. The third kappa shape index (κ3) is 2.26. The first-order valence-electron chi connectivity index (χ1n) is 7.43. The summed E-state index contributed by atoms with van der Waals surface area (Å²) in [6, 6.07) is 0. The number of ether oxygens (including phenoxy) is 2. The normalized spacial score (nSPS) is 36.8. The Morgan fingerprint density at radius 2 is 2.38 bits per heavy atom. The summed E-state index contributed by atoms with van der Waals surface area (Å²) in [5, 5.41) is 11.3. The molecule has 6 heteroatoms. The lowest BCUT2D eigenvalue weighted by atomic mass is 9.77. The van der Waals surface area contributed by atoms with Crippen molar-refractivity contribution >= 4 is 11.9 Å². The van der Waals surface area contributed by atoms with E-state index < -0.39 is 29.5 Å². The van der Waals surface area contributed by atoms with E-state index in [1.807, 2.05) is 19.9 Å². The maximum atomic E-state index is 12.5. The second-order valence-electron chi connectivity index (χ2n) is 6.25. The van der Waals surface area contributed by atoms with Crippen molar-refractivity contribution in [1.29, 1.82) is 0 Å². The molecule has 0 N–H and O–H groups in total. The number of nitrogens with zero attached hydrogens (tertiary/aromatic N) is 1. The SMILES string of the molecule is CC(C)OCCCN1C[C@@]23C=C[C@@H](O2)[C@H](C(=O)[O-])[C@@H]3C1=O. The lowest BCUT2D eigenvalue weighted by Gasteiger charge is -2.24. The van der Waals surface area contributed by atoms with Crippen molar-refractivity contribution in [2.24, 2.45) is 11.8 Å². The lowest BCUT2D eigenvalue weighted by molar-refractivity contribution is -0.313. The molecular weight excluding hydrogens is 274 g/mol. The van der Waals surface area contributed by atoms with Gasteiger partial charge >= 0.3 is 0 Å². The van der Waals surface area contributed by atoms with E-state index in [2.05, 4.69) is 0 Å². The first-order chi connectivity index (χ1) is 9.94. The number of amides is 1. The fourth-order valence-corrected chi connectivity index (χ4v) is 3.61. The first kappa shape index (κ1) is 14.5. The molecule has 2 saturated heterocycles. The van der Waals surface area contributed by atoms with Gasteiger partial charge in [-0.25, -0.2) is 0 Å². The minimum absolute atomic E-state index is 0.138. The molecule has 0 saturated carbocycles. The highest BCUT2D eigenvalue weighted by atomic mass is 16.5. The van der Waals surface area contributed by atoms with Crippen LogP contribution in [0.4, 0.5) is 0 Å². The molecule has 116 valence electrons. The monoisotopic (exact) mass is 294 g/mol. The molecule has 0 aromatic carbocycles. The number of carbonyl (C=O) groups is 2. The molecule has 0 unspecified atom stereocenters. The van der Waals surface area contributed by atoms with Gasteiger partial charge in [-0.15, -0.1) is 0 Å². The van der Waals surface area contributed by atoms with E-state index in [-0.39, 0.29) is 12.0 Å². The maximum absolute atomic E-state index is 12.5. The molecule has 3 aliphatic rings. The highest BCUT2D eigenvalue weighted by Crippen LogP contribution is 2.51. The molecule has 1 amide bonds. The predicted molar refractivity (Wildman–Crippen MR) is 71.0 cm³/mol. The molecule has 3 rings (SSSR count). The van der Waals surface area contributed by atoms with Gasteiger partial charge < -0.3 is 24.3 Å². The van der Waals surface area contributed by atoms with Gasteiger partial charge in [0.1, 0.15) is 5.60 Å². The first-order valence-corrected chi connectivity index (χ1v) is 7.43. The van der Waals surface area contributed by atoms with Crippen molar-refractivity contribution in [2.45, 2.75) is 38.1 Å². The van der Waals surface area contributed by atoms with Crippen LogP contribution in [0, 0.1) is 11.8 Å². The number of rotatable bonds is 6. The van der Waals surface area contributed by atoms with Crippen LogP contribution in [0.25, 0.3) is 0 Å². The molecule has 2 fully saturated rings. The lowest BCUT2D eigenvalue weighted by Crippen LogP contribution is -2.45. The molecule has 0 aromatic heterocycles. The van der Waals surface area contributed by atoms with E-state index in [4.69, 9.17) is 9.47 Å². The van der Waals surface area contributed by atoms with Crippen molar-refractivity contribution in [3.8, 4) is 0 Å². The molecule has 1 spiro atoms. The highest BCUT2D eigenvalue weighted by molar-refractivity contribution is 5.90. The van der Waals surface area contributed by atoms with E-state index in [1.165, 1.54) is 0 Å². The molecular formula is C15H20NO5-. The fraction of sp³-hybridized carbons (Fsp3) is 0.733. The van der Waals surface area contributed by atoms with Crippen LogP contribution in [-0.4, -0.2) is 54.3 Å². The third-order valence-corrected chi connectivity index (χ3v) is 4.47. The fourth-order valence-electron chi connectivity index (χ4n) is 3.61. The van der Waals surface area contributed by atoms with Gasteiger partial charge in [0.25, 0.3) is 0 Å². The van der Waals surface area contributed by atoms with Gasteiger partial charge in [0.15, 0.2) is 0 Å². The zero-order valence-corrected chi connectivity index (χ0v) is 12.3. The summed E-state index contributed by atoms with van der Waals surface area (Å²) >= 11 is 0. The Balaban J connectivity index is 1.65. The number of carboxylic acid groups (broad SMARTS) is 1. The van der Waals surface area contributed by atoms with Crippen LogP contribution in [-0.2, 0) is 19.1 Å². The van der Waals surface area contributed by atoms with E-state index in [9.17, 15) is 14.7 Å². The summed E-state index contributed by atoms with van der Waals surface area (Å²) in [6.45, 7) is 5.50. The Morgan fingerprint density at radius 1 is 1.62 bits per heavy atom. The van der Waals surface area contributed by atoms with Crippen molar-refractivity contribution in [3.63, 3.8) is 0 Å². The Hall–Kier alpha value is -1.40. The molecule has 4 atom stereocenters. The van der Waals surface area contributed by atoms with Gasteiger partial charge in [0.05, 0.1) is 24.7 Å². The molecule has 3 aliphatic heterocycles. The van der Waals surface area contributed by atoms with Crippen LogP contribution in [0.5, 0.6) is 0 Å². The van der Waals surface area contributed by atoms with E-state index in [0.29, 0.717) is 19.7 Å². The summed E-state index contributed by atoms with van der Waals surface area (Å²) in [5.41, 5.74) is -0.759. The number of carboxylic acids is 1. The Kier molecular flexibility index (Phi) is 3.53. The molecule has 0 radical (unpaired) electrons. The van der Waals surface area contributed by atoms with Gasteiger partial charge in [-0.05, 0) is 20.3 Å². The summed E-state index contributed by atoms with van der Waals surface area (Å²) in [7, 11) is 0. The number of fused-ring (bicyclic) bond motifs is 1. The maximum Gasteiger partial charge on any atom is 0.229 e. The van der Waals surface area contributed by atoms with Crippen molar-refractivity contribution < 1.29 is 24.2 Å². The molecule has 21 heavy (non-hydrogen) atoms. The Labute approximate surface area is 123 Å². The molecule has 2 bridgehead atoms. The van der Waals surface area contributed by atoms with Crippen LogP contribution < -0.4 is 5.11 Å². The second kappa shape index (κ2) is 5.10. The van der Waals surface area contributed by atoms with Gasteiger partial charge in [-0.2, -0.15) is 0 Å². The number of aliphatic carboxylic acids is 1. The smallest absolute Gasteiger partial charge is 0.229 e. The molecule has 0 aromatic rings. The van der Waals surface area contributed by atoms with Crippen LogP contribution in [0.2, 0.25) is 0 Å². The summed E-state index contributed by atoms with van der Waals surface area (Å²) in [4.78, 5) is 25.5. The summed E-state index contributed by atoms with van der Waals surface area (Å²) < 4.78 is 11.2. The van der Waals surface area contributed by atoms with Crippen molar-refractivity contribution in [1.82, 2.24) is 4.90 Å². The summed E-state index contributed by atoms with van der Waals surface area (Å²) in [6.07, 6.45) is 3.98. The van der Waals surface area contributed by atoms with Crippen LogP contribution >= 0.6 is 0 Å². The topological polar surface area (TPSA) is 78.9 Å². The average Bonchev–Trinajstić information content (AvgIpc) is 3.03. The number of carbonyl (C=O) groups excluding carboxylic acids is 2. The third-order valence-electron chi connectivity index (χ3n) is 4.47. The van der Waals surface area contributed by atoms with Gasteiger partial charge in [-0.3, -0.25) is 4.79 Å².